The minimum absolute atomic E-state index is 0.0301. The molecule has 8 nitrogen and oxygen atoms in total. The van der Waals surface area contributed by atoms with Crippen LogP contribution in [-0.2, 0) is 4.79 Å². The molecule has 0 aliphatic carbocycles. The number of piperidine rings is 1. The third-order valence-corrected chi connectivity index (χ3v) is 6.95. The molecule has 0 bridgehead atoms. The predicted molar refractivity (Wildman–Crippen MR) is 122 cm³/mol. The van der Waals surface area contributed by atoms with Crippen LogP contribution in [0.15, 0.2) is 58.7 Å². The molecule has 1 saturated heterocycles. The fraction of sp³-hybridized carbons (Fsp3) is 0.208. The first-order valence-corrected chi connectivity index (χ1v) is 11.3. The van der Waals surface area contributed by atoms with Gasteiger partial charge in [0.1, 0.15) is 12.1 Å². The third-order valence-electron chi connectivity index (χ3n) is 5.85. The summed E-state index contributed by atoms with van der Waals surface area (Å²) in [4.78, 5) is 13.5. The van der Waals surface area contributed by atoms with Crippen molar-refractivity contribution in [3.05, 3.63) is 65.7 Å². The van der Waals surface area contributed by atoms with Gasteiger partial charge in [-0.3, -0.25) is 9.48 Å². The smallest absolute Gasteiger partial charge is 0.222 e. The Kier molecular flexibility index (Phi) is 5.33. The van der Waals surface area contributed by atoms with Crippen LogP contribution in [0.1, 0.15) is 35.7 Å². The minimum atomic E-state index is 0.0301. The molecule has 4 aromatic rings. The van der Waals surface area contributed by atoms with Gasteiger partial charge in [0.05, 0.1) is 35.1 Å². The number of hydrogen-bond acceptors (Lipinski definition) is 6. The van der Waals surface area contributed by atoms with Crippen molar-refractivity contribution in [3.63, 3.8) is 0 Å². The van der Waals surface area contributed by atoms with E-state index >= 15 is 0 Å². The van der Waals surface area contributed by atoms with E-state index in [1.54, 1.807) is 16.8 Å². The van der Waals surface area contributed by atoms with E-state index in [9.17, 15) is 15.3 Å². The maximum atomic E-state index is 11.9. The lowest BCUT2D eigenvalue weighted by Crippen LogP contribution is -2.35. The summed E-state index contributed by atoms with van der Waals surface area (Å²) in [6.45, 7) is 2.65. The molecule has 0 spiro atoms. The number of carbonyl (C=O) groups excluding carboxylic acids is 1. The molecule has 1 N–H and O–H groups in total. The Morgan fingerprint density at radius 3 is 2.73 bits per heavy atom. The van der Waals surface area contributed by atoms with Crippen molar-refractivity contribution in [2.24, 2.45) is 0 Å². The second-order valence-electron chi connectivity index (χ2n) is 7.85. The lowest BCUT2D eigenvalue weighted by molar-refractivity contribution is -0.123. The van der Waals surface area contributed by atoms with Crippen LogP contribution in [0.25, 0.3) is 16.6 Å². The molecule has 162 valence electrons. The first-order valence-electron chi connectivity index (χ1n) is 10.5. The Morgan fingerprint density at radius 1 is 1.12 bits per heavy atom. The van der Waals surface area contributed by atoms with Crippen LogP contribution in [0.3, 0.4) is 0 Å². The Morgan fingerprint density at radius 2 is 1.94 bits per heavy atom. The summed E-state index contributed by atoms with van der Waals surface area (Å²) in [7, 11) is 0. The van der Waals surface area contributed by atoms with E-state index in [2.05, 4.69) is 27.7 Å². The monoisotopic (exact) mass is 453 g/mol. The fourth-order valence-electron chi connectivity index (χ4n) is 4.21. The molecule has 5 rings (SSSR count). The maximum absolute atomic E-state index is 11.9. The highest BCUT2D eigenvalue weighted by Gasteiger charge is 2.24. The van der Waals surface area contributed by atoms with Gasteiger partial charge in [0.15, 0.2) is 0 Å². The molecule has 1 atom stereocenters. The van der Waals surface area contributed by atoms with Gasteiger partial charge in [0.25, 0.3) is 0 Å². The van der Waals surface area contributed by atoms with Crippen molar-refractivity contribution in [2.45, 2.75) is 35.6 Å². The molecule has 0 unspecified atom stereocenters. The van der Waals surface area contributed by atoms with Crippen LogP contribution < -0.4 is 5.32 Å². The highest BCUT2D eigenvalue weighted by molar-refractivity contribution is 7.99. The van der Waals surface area contributed by atoms with E-state index < -0.39 is 0 Å². The first-order chi connectivity index (χ1) is 16.1. The van der Waals surface area contributed by atoms with Gasteiger partial charge in [-0.15, -0.1) is 0 Å². The van der Waals surface area contributed by atoms with Gasteiger partial charge in [-0.2, -0.15) is 20.7 Å². The Bertz CT molecular complexity index is 1470. The maximum Gasteiger partial charge on any atom is 0.222 e. The van der Waals surface area contributed by atoms with Crippen molar-refractivity contribution >= 4 is 23.2 Å². The lowest BCUT2D eigenvalue weighted by Gasteiger charge is -2.23. The predicted octanol–water partition coefficient (Wildman–Crippen LogP) is 3.85. The number of nitriles is 2. The molecule has 4 heterocycles. The van der Waals surface area contributed by atoms with E-state index in [-0.39, 0.29) is 11.9 Å². The van der Waals surface area contributed by atoms with Crippen LogP contribution in [0.5, 0.6) is 0 Å². The second kappa shape index (κ2) is 8.45. The molecule has 1 aliphatic heterocycles. The topological polar surface area (TPSA) is 112 Å². The van der Waals surface area contributed by atoms with Crippen molar-refractivity contribution in [1.29, 1.82) is 10.5 Å². The summed E-state index contributed by atoms with van der Waals surface area (Å²) in [6.07, 6.45) is 6.51. The SMILES string of the molecule is Cc1c(-c2cc(Sc3ccccc3C#N)c3c(C#N)cnn3c2)cnn1[C@@H]1CCNC(=O)C1. The van der Waals surface area contributed by atoms with Gasteiger partial charge in [0.2, 0.25) is 5.91 Å². The van der Waals surface area contributed by atoms with E-state index in [0.29, 0.717) is 29.6 Å². The lowest BCUT2D eigenvalue weighted by atomic mass is 10.0. The Hall–Kier alpha value is -4.08. The number of amides is 1. The minimum Gasteiger partial charge on any atom is -0.356 e. The van der Waals surface area contributed by atoms with Crippen molar-refractivity contribution in [1.82, 2.24) is 24.7 Å². The molecule has 3 aromatic heterocycles. The van der Waals surface area contributed by atoms with Gasteiger partial charge in [-0.25, -0.2) is 4.52 Å². The molecule has 1 aliphatic rings. The van der Waals surface area contributed by atoms with E-state index in [1.807, 2.05) is 48.3 Å². The highest BCUT2D eigenvalue weighted by atomic mass is 32.2. The molecule has 33 heavy (non-hydrogen) atoms. The number of fused-ring (bicyclic) bond motifs is 1. The van der Waals surface area contributed by atoms with Crippen molar-refractivity contribution in [3.8, 4) is 23.3 Å². The number of pyridine rings is 1. The van der Waals surface area contributed by atoms with Gasteiger partial charge in [-0.1, -0.05) is 23.9 Å². The van der Waals surface area contributed by atoms with Gasteiger partial charge in [-0.05, 0) is 31.5 Å². The van der Waals surface area contributed by atoms with Gasteiger partial charge in [0, 0.05) is 45.8 Å². The van der Waals surface area contributed by atoms with E-state index in [0.717, 1.165) is 33.0 Å². The summed E-state index contributed by atoms with van der Waals surface area (Å²) in [5.74, 6) is 0.0412. The average Bonchev–Trinajstić information content (AvgIpc) is 3.42. The van der Waals surface area contributed by atoms with Crippen LogP contribution >= 0.6 is 11.8 Å². The fourth-order valence-corrected chi connectivity index (χ4v) is 5.30. The second-order valence-corrected chi connectivity index (χ2v) is 8.93. The first kappa shape index (κ1) is 20.8. The Balaban J connectivity index is 1.62. The Labute approximate surface area is 194 Å². The molecular formula is C24H19N7OS. The van der Waals surface area contributed by atoms with Crippen molar-refractivity contribution < 1.29 is 4.79 Å². The molecular weight excluding hydrogens is 434 g/mol. The third kappa shape index (κ3) is 3.73. The number of benzene rings is 1. The highest BCUT2D eigenvalue weighted by Crippen LogP contribution is 2.38. The molecule has 9 heteroatoms. The zero-order valence-corrected chi connectivity index (χ0v) is 18.6. The number of nitrogens with zero attached hydrogens (tertiary/aromatic N) is 6. The zero-order chi connectivity index (χ0) is 22.9. The van der Waals surface area contributed by atoms with Crippen LogP contribution in [-0.4, -0.2) is 31.8 Å². The van der Waals surface area contributed by atoms with Crippen LogP contribution in [0.2, 0.25) is 0 Å². The molecule has 1 fully saturated rings. The molecule has 1 amide bonds. The quantitative estimate of drug-likeness (QED) is 0.502. The average molecular weight is 454 g/mol. The van der Waals surface area contributed by atoms with Crippen LogP contribution in [0.4, 0.5) is 0 Å². The zero-order valence-electron chi connectivity index (χ0n) is 17.8. The van der Waals surface area contributed by atoms with E-state index in [1.165, 1.54) is 11.8 Å². The molecule has 0 radical (unpaired) electrons. The van der Waals surface area contributed by atoms with Crippen molar-refractivity contribution in [2.75, 3.05) is 6.54 Å². The number of aromatic nitrogens is 4. The summed E-state index contributed by atoms with van der Waals surface area (Å²) in [5.41, 5.74) is 4.55. The molecule has 0 saturated carbocycles. The van der Waals surface area contributed by atoms with Crippen LogP contribution in [0, 0.1) is 29.6 Å². The van der Waals surface area contributed by atoms with Gasteiger partial charge < -0.3 is 5.32 Å². The summed E-state index contributed by atoms with van der Waals surface area (Å²) in [5, 5.41) is 31.0. The number of hydrogen-bond donors (Lipinski definition) is 1. The van der Waals surface area contributed by atoms with E-state index in [4.69, 9.17) is 0 Å². The standard InChI is InChI=1S/C24H19N7OS/c1-15-20(13-29-31(15)19-6-7-27-23(32)9-19)17-8-22(24-18(11-26)12-28-30(24)14-17)33-21-5-3-2-4-16(21)10-25/h2-5,8,12-14,19H,6-7,9H2,1H3,(H,27,32)/t19-/m1/s1. The molecule has 1 aromatic carbocycles. The number of carbonyl (C=O) groups is 1. The normalized spacial score (nSPS) is 15.7. The van der Waals surface area contributed by atoms with Gasteiger partial charge >= 0.3 is 0 Å². The summed E-state index contributed by atoms with van der Waals surface area (Å²) < 4.78 is 3.63. The number of rotatable bonds is 4. The summed E-state index contributed by atoms with van der Waals surface area (Å²) in [6, 6.07) is 13.9. The largest absolute Gasteiger partial charge is 0.356 e. The number of nitrogens with one attached hydrogen (secondary N) is 1. The summed E-state index contributed by atoms with van der Waals surface area (Å²) >= 11 is 1.44.